The molecule has 0 aliphatic heterocycles. The number of hydrogen-bond donors (Lipinski definition) is 1. The van der Waals surface area contributed by atoms with Crippen LogP contribution in [0.3, 0.4) is 0 Å². The van der Waals surface area contributed by atoms with E-state index in [9.17, 15) is 9.18 Å². The van der Waals surface area contributed by atoms with Crippen LogP contribution in [0.2, 0.25) is 0 Å². The van der Waals surface area contributed by atoms with Gasteiger partial charge >= 0.3 is 0 Å². The third-order valence-electron chi connectivity index (χ3n) is 1.89. The average molecular weight is 395 g/mol. The van der Waals surface area contributed by atoms with Gasteiger partial charge in [0.15, 0.2) is 0 Å². The van der Waals surface area contributed by atoms with Crippen LogP contribution in [0.1, 0.15) is 0 Å². The number of aromatic amines is 1. The molecular weight excluding hydrogens is 390 g/mol. The van der Waals surface area contributed by atoms with Gasteiger partial charge in [-0.25, -0.2) is 9.37 Å². The molecule has 1 aromatic heterocycles. The first kappa shape index (κ1) is 11.7. The van der Waals surface area contributed by atoms with Gasteiger partial charge in [0.1, 0.15) is 11.6 Å². The van der Waals surface area contributed by atoms with Crippen molar-refractivity contribution < 1.29 is 4.39 Å². The minimum absolute atomic E-state index is 0.231. The molecule has 2 aromatic rings. The summed E-state index contributed by atoms with van der Waals surface area (Å²) in [5.74, 6) is -0.0313. The first-order valence-corrected chi connectivity index (χ1v) is 6.15. The zero-order valence-electron chi connectivity index (χ0n) is 7.80. The fraction of sp³-hybridized carbons (Fsp3) is 0. The van der Waals surface area contributed by atoms with Crippen molar-refractivity contribution in [3.8, 4) is 11.4 Å². The lowest BCUT2D eigenvalue weighted by atomic mass is 10.2. The van der Waals surface area contributed by atoms with E-state index in [1.54, 1.807) is 6.07 Å². The molecule has 0 aliphatic rings. The van der Waals surface area contributed by atoms with Crippen molar-refractivity contribution in [2.45, 2.75) is 0 Å². The van der Waals surface area contributed by atoms with Crippen LogP contribution in [0.15, 0.2) is 33.7 Å². The topological polar surface area (TPSA) is 45.8 Å². The molecule has 0 atom stereocenters. The van der Waals surface area contributed by atoms with Crippen LogP contribution in [-0.2, 0) is 0 Å². The third kappa shape index (κ3) is 2.49. The summed E-state index contributed by atoms with van der Waals surface area (Å²) in [6.07, 6.45) is 1.45. The molecule has 6 heteroatoms. The number of halogens is 3. The molecule has 0 fully saturated rings. The maximum absolute atomic E-state index is 13.1. The van der Waals surface area contributed by atoms with E-state index in [0.29, 0.717) is 19.4 Å². The van der Waals surface area contributed by atoms with E-state index >= 15 is 0 Å². The number of nitrogens with one attached hydrogen (secondary N) is 1. The molecule has 0 aliphatic carbocycles. The second kappa shape index (κ2) is 4.62. The van der Waals surface area contributed by atoms with Crippen molar-refractivity contribution in [1.29, 1.82) is 0 Å². The van der Waals surface area contributed by atoms with Gasteiger partial charge in [0.25, 0.3) is 5.56 Å². The summed E-state index contributed by atoms with van der Waals surface area (Å²) in [6, 6.07) is 4.35. The third-order valence-corrected chi connectivity index (χ3v) is 3.12. The molecule has 1 N–H and O–H groups in total. The summed E-state index contributed by atoms with van der Waals surface area (Å²) in [5.41, 5.74) is 0.298. The van der Waals surface area contributed by atoms with Crippen LogP contribution in [0, 0.1) is 9.39 Å². The first-order valence-electron chi connectivity index (χ1n) is 4.27. The SMILES string of the molecule is O=c1[nH]c(-c2cc(F)cc(Br)c2)ncc1I. The van der Waals surface area contributed by atoms with E-state index in [1.165, 1.54) is 18.3 Å². The van der Waals surface area contributed by atoms with Crippen molar-refractivity contribution in [3.05, 3.63) is 48.6 Å². The molecular formula is C10H5BrFIN2O. The predicted molar refractivity (Wildman–Crippen MR) is 70.7 cm³/mol. The van der Waals surface area contributed by atoms with Crippen LogP contribution in [0.5, 0.6) is 0 Å². The van der Waals surface area contributed by atoms with Gasteiger partial charge in [-0.1, -0.05) is 15.9 Å². The van der Waals surface area contributed by atoms with E-state index in [2.05, 4.69) is 25.9 Å². The molecule has 2 rings (SSSR count). The Labute approximate surface area is 112 Å². The van der Waals surface area contributed by atoms with Crippen molar-refractivity contribution in [2.24, 2.45) is 0 Å². The summed E-state index contributed by atoms with van der Waals surface area (Å²) in [5, 5.41) is 0. The molecule has 0 amide bonds. The summed E-state index contributed by atoms with van der Waals surface area (Å²) < 4.78 is 14.2. The second-order valence-corrected chi connectivity index (χ2v) is 5.14. The fourth-order valence-corrected chi connectivity index (χ4v) is 1.96. The van der Waals surface area contributed by atoms with Crippen LogP contribution < -0.4 is 5.56 Å². The number of benzene rings is 1. The van der Waals surface area contributed by atoms with Gasteiger partial charge in [-0.3, -0.25) is 4.79 Å². The highest BCUT2D eigenvalue weighted by Gasteiger charge is 2.05. The molecule has 82 valence electrons. The molecule has 0 spiro atoms. The summed E-state index contributed by atoms with van der Waals surface area (Å²) in [6.45, 7) is 0. The van der Waals surface area contributed by atoms with E-state index < -0.39 is 0 Å². The lowest BCUT2D eigenvalue weighted by Crippen LogP contribution is -2.11. The van der Waals surface area contributed by atoms with Gasteiger partial charge in [-0.2, -0.15) is 0 Å². The largest absolute Gasteiger partial charge is 0.306 e. The zero-order chi connectivity index (χ0) is 11.7. The van der Waals surface area contributed by atoms with E-state index in [1.807, 2.05) is 22.6 Å². The Balaban J connectivity index is 2.58. The Bertz CT molecular complexity index is 579. The number of H-pyrrole nitrogens is 1. The van der Waals surface area contributed by atoms with Gasteiger partial charge in [0, 0.05) is 16.2 Å². The summed E-state index contributed by atoms with van der Waals surface area (Å²) in [7, 11) is 0. The molecule has 16 heavy (non-hydrogen) atoms. The molecule has 0 unspecified atom stereocenters. The van der Waals surface area contributed by atoms with E-state index in [-0.39, 0.29) is 11.4 Å². The summed E-state index contributed by atoms with van der Waals surface area (Å²) >= 11 is 5.07. The highest BCUT2D eigenvalue weighted by molar-refractivity contribution is 14.1. The molecule has 0 saturated heterocycles. The Morgan fingerprint density at radius 3 is 2.75 bits per heavy atom. The number of rotatable bonds is 1. The van der Waals surface area contributed by atoms with Gasteiger partial charge < -0.3 is 4.98 Å². The maximum Gasteiger partial charge on any atom is 0.264 e. The fourth-order valence-electron chi connectivity index (χ4n) is 1.22. The molecule has 0 saturated carbocycles. The molecule has 0 radical (unpaired) electrons. The minimum atomic E-state index is -0.384. The Morgan fingerprint density at radius 2 is 2.12 bits per heavy atom. The average Bonchev–Trinajstić information content (AvgIpc) is 2.20. The molecule has 3 nitrogen and oxygen atoms in total. The number of nitrogens with zero attached hydrogens (tertiary/aromatic N) is 1. The normalized spacial score (nSPS) is 10.4. The van der Waals surface area contributed by atoms with Gasteiger partial charge in [0.05, 0.1) is 3.57 Å². The minimum Gasteiger partial charge on any atom is -0.306 e. The van der Waals surface area contributed by atoms with Crippen molar-refractivity contribution in [1.82, 2.24) is 9.97 Å². The van der Waals surface area contributed by atoms with Crippen molar-refractivity contribution in [3.63, 3.8) is 0 Å². The smallest absolute Gasteiger partial charge is 0.264 e. The Kier molecular flexibility index (Phi) is 3.38. The molecule has 0 bridgehead atoms. The highest BCUT2D eigenvalue weighted by Crippen LogP contribution is 2.21. The summed E-state index contributed by atoms with van der Waals surface area (Å²) in [4.78, 5) is 18.0. The molecule has 1 aromatic carbocycles. The molecule has 1 heterocycles. The van der Waals surface area contributed by atoms with Crippen LogP contribution in [-0.4, -0.2) is 9.97 Å². The lowest BCUT2D eigenvalue weighted by molar-refractivity contribution is 0.627. The predicted octanol–water partition coefficient (Wildman–Crippen LogP) is 2.94. The zero-order valence-corrected chi connectivity index (χ0v) is 11.5. The van der Waals surface area contributed by atoms with Crippen molar-refractivity contribution in [2.75, 3.05) is 0 Å². The highest BCUT2D eigenvalue weighted by atomic mass is 127. The van der Waals surface area contributed by atoms with Crippen molar-refractivity contribution >= 4 is 38.5 Å². The van der Waals surface area contributed by atoms with Crippen LogP contribution >= 0.6 is 38.5 Å². The standard InChI is InChI=1S/C10H5BrFIN2O/c11-6-1-5(2-7(12)3-6)9-14-4-8(13)10(16)15-9/h1-4H,(H,14,15,16). The Hall–Kier alpha value is -0.760. The Morgan fingerprint density at radius 1 is 1.38 bits per heavy atom. The quantitative estimate of drug-likeness (QED) is 0.756. The lowest BCUT2D eigenvalue weighted by Gasteiger charge is -2.02. The maximum atomic E-state index is 13.1. The monoisotopic (exact) mass is 394 g/mol. The second-order valence-electron chi connectivity index (χ2n) is 3.07. The van der Waals surface area contributed by atoms with E-state index in [4.69, 9.17) is 0 Å². The first-order chi connectivity index (χ1) is 7.56. The van der Waals surface area contributed by atoms with Gasteiger partial charge in [-0.05, 0) is 40.8 Å². The van der Waals surface area contributed by atoms with Gasteiger partial charge in [0.2, 0.25) is 0 Å². The van der Waals surface area contributed by atoms with Crippen LogP contribution in [0.4, 0.5) is 4.39 Å². The number of hydrogen-bond acceptors (Lipinski definition) is 2. The van der Waals surface area contributed by atoms with E-state index in [0.717, 1.165) is 0 Å². The van der Waals surface area contributed by atoms with Crippen LogP contribution in [0.25, 0.3) is 11.4 Å². The number of aromatic nitrogens is 2. The van der Waals surface area contributed by atoms with Gasteiger partial charge in [-0.15, -0.1) is 0 Å².